The van der Waals surface area contributed by atoms with Gasteiger partial charge >= 0.3 is 5.97 Å². The molecule has 0 aliphatic heterocycles. The van der Waals surface area contributed by atoms with Crippen molar-refractivity contribution in [3.63, 3.8) is 0 Å². The molecule has 1 amide bonds. The van der Waals surface area contributed by atoms with Crippen molar-refractivity contribution in [2.75, 3.05) is 18.5 Å². The molecule has 0 bridgehead atoms. The van der Waals surface area contributed by atoms with Crippen LogP contribution in [0.1, 0.15) is 46.8 Å². The minimum atomic E-state index is -0.610. The summed E-state index contributed by atoms with van der Waals surface area (Å²) in [5.41, 5.74) is 4.03. The monoisotopic (exact) mass is 397 g/mol. The summed E-state index contributed by atoms with van der Waals surface area (Å²) in [6.07, 6.45) is 1.21. The number of ether oxygens (including phenoxy) is 2. The molecule has 0 saturated heterocycles. The van der Waals surface area contributed by atoms with E-state index in [-0.39, 0.29) is 24.9 Å². The number of carbonyl (C=O) groups is 3. The average Bonchev–Trinajstić information content (AvgIpc) is 2.66. The van der Waals surface area contributed by atoms with Crippen LogP contribution in [0.25, 0.3) is 0 Å². The Kier molecular flexibility index (Phi) is 7.95. The Morgan fingerprint density at radius 1 is 0.931 bits per heavy atom. The van der Waals surface area contributed by atoms with Crippen molar-refractivity contribution in [3.8, 4) is 5.75 Å². The number of carbonyl (C=O) groups excluding carboxylic acids is 3. The summed E-state index contributed by atoms with van der Waals surface area (Å²) in [7, 11) is 0. The van der Waals surface area contributed by atoms with Crippen LogP contribution in [0.2, 0.25) is 0 Å². The van der Waals surface area contributed by atoms with Gasteiger partial charge < -0.3 is 14.8 Å². The van der Waals surface area contributed by atoms with E-state index in [4.69, 9.17) is 9.47 Å². The van der Waals surface area contributed by atoms with E-state index in [1.807, 2.05) is 39.8 Å². The third kappa shape index (κ3) is 6.75. The smallest absolute Gasteiger partial charge is 0.344 e. The van der Waals surface area contributed by atoms with Crippen molar-refractivity contribution >= 4 is 23.3 Å². The molecule has 0 atom stereocenters. The van der Waals surface area contributed by atoms with Crippen molar-refractivity contribution in [2.45, 2.75) is 40.5 Å². The Balaban J connectivity index is 1.82. The highest BCUT2D eigenvalue weighted by Gasteiger charge is 2.13. The molecule has 0 heterocycles. The lowest BCUT2D eigenvalue weighted by Gasteiger charge is -2.12. The molecule has 0 saturated carbocycles. The van der Waals surface area contributed by atoms with Crippen LogP contribution in [0.15, 0.2) is 36.4 Å². The van der Waals surface area contributed by atoms with Gasteiger partial charge in [0.1, 0.15) is 5.75 Å². The highest BCUT2D eigenvalue weighted by atomic mass is 16.6. The number of hydrogen-bond acceptors (Lipinski definition) is 5. The summed E-state index contributed by atoms with van der Waals surface area (Å²) in [6, 6.07) is 10.4. The minimum Gasteiger partial charge on any atom is -0.481 e. The molecule has 0 fully saturated rings. The number of hydrogen-bond donors (Lipinski definition) is 1. The number of Topliss-reactive ketones (excluding diaryl/α,β-unsaturated/α-hetero) is 1. The quantitative estimate of drug-likeness (QED) is 0.508. The molecule has 2 aromatic carbocycles. The van der Waals surface area contributed by atoms with E-state index < -0.39 is 5.97 Å². The summed E-state index contributed by atoms with van der Waals surface area (Å²) in [5, 5.41) is 2.75. The minimum absolute atomic E-state index is 0.0699. The molecule has 154 valence electrons. The second-order valence-corrected chi connectivity index (χ2v) is 6.98. The zero-order valence-corrected chi connectivity index (χ0v) is 17.3. The Labute approximate surface area is 171 Å². The first-order chi connectivity index (χ1) is 13.8. The van der Waals surface area contributed by atoms with Gasteiger partial charge in [-0.25, -0.2) is 4.79 Å². The van der Waals surface area contributed by atoms with Crippen LogP contribution < -0.4 is 10.1 Å². The van der Waals surface area contributed by atoms with E-state index >= 15 is 0 Å². The second-order valence-electron chi connectivity index (χ2n) is 6.98. The number of ketones is 1. The Hall–Kier alpha value is -3.15. The SMILES string of the molecule is CCCC(=O)Nc1ccc(C(=O)COC(=O)COc2c(C)cc(C)cc2C)cc1. The molecule has 0 unspecified atom stereocenters. The zero-order chi connectivity index (χ0) is 21.4. The van der Waals surface area contributed by atoms with E-state index in [1.54, 1.807) is 24.3 Å². The Morgan fingerprint density at radius 3 is 2.14 bits per heavy atom. The summed E-state index contributed by atoms with van der Waals surface area (Å²) in [5.74, 6) is -0.354. The third-order valence-corrected chi connectivity index (χ3v) is 4.27. The highest BCUT2D eigenvalue weighted by molar-refractivity contribution is 5.98. The number of rotatable bonds is 9. The van der Waals surface area contributed by atoms with Gasteiger partial charge in [-0.15, -0.1) is 0 Å². The van der Waals surface area contributed by atoms with Gasteiger partial charge in [-0.1, -0.05) is 24.6 Å². The number of benzene rings is 2. The predicted octanol–water partition coefficient (Wildman–Crippen LogP) is 4.16. The average molecular weight is 397 g/mol. The van der Waals surface area contributed by atoms with Gasteiger partial charge in [0.15, 0.2) is 19.0 Å². The van der Waals surface area contributed by atoms with Gasteiger partial charge in [0.25, 0.3) is 0 Å². The Morgan fingerprint density at radius 2 is 1.55 bits per heavy atom. The van der Waals surface area contributed by atoms with E-state index in [0.29, 0.717) is 23.4 Å². The van der Waals surface area contributed by atoms with Crippen LogP contribution >= 0.6 is 0 Å². The molecule has 0 spiro atoms. The molecular formula is C23H27NO5. The van der Waals surface area contributed by atoms with Gasteiger partial charge in [-0.2, -0.15) is 0 Å². The number of anilines is 1. The van der Waals surface area contributed by atoms with Crippen LogP contribution in [0.4, 0.5) is 5.69 Å². The fourth-order valence-corrected chi connectivity index (χ4v) is 2.99. The summed E-state index contributed by atoms with van der Waals surface area (Å²) < 4.78 is 10.6. The van der Waals surface area contributed by atoms with Crippen molar-refractivity contribution in [1.29, 1.82) is 0 Å². The second kappa shape index (κ2) is 10.4. The van der Waals surface area contributed by atoms with Crippen LogP contribution in [0, 0.1) is 20.8 Å². The topological polar surface area (TPSA) is 81.7 Å². The molecule has 29 heavy (non-hydrogen) atoms. The van der Waals surface area contributed by atoms with E-state index in [9.17, 15) is 14.4 Å². The van der Waals surface area contributed by atoms with Crippen molar-refractivity contribution in [3.05, 3.63) is 58.7 Å². The number of nitrogens with one attached hydrogen (secondary N) is 1. The number of amides is 1. The lowest BCUT2D eigenvalue weighted by atomic mass is 10.1. The maximum absolute atomic E-state index is 12.2. The zero-order valence-electron chi connectivity index (χ0n) is 17.3. The van der Waals surface area contributed by atoms with Gasteiger partial charge in [-0.3, -0.25) is 9.59 Å². The normalized spacial score (nSPS) is 10.3. The molecule has 0 aromatic heterocycles. The largest absolute Gasteiger partial charge is 0.481 e. The van der Waals surface area contributed by atoms with Crippen LogP contribution in [0.3, 0.4) is 0 Å². The molecule has 0 radical (unpaired) electrons. The third-order valence-electron chi connectivity index (χ3n) is 4.27. The molecule has 6 heteroatoms. The lowest BCUT2D eigenvalue weighted by Crippen LogP contribution is -2.20. The van der Waals surface area contributed by atoms with E-state index in [2.05, 4.69) is 5.32 Å². The van der Waals surface area contributed by atoms with Crippen LogP contribution in [-0.2, 0) is 14.3 Å². The first-order valence-electron chi connectivity index (χ1n) is 9.59. The molecule has 0 aliphatic rings. The van der Waals surface area contributed by atoms with Gasteiger partial charge in [0.2, 0.25) is 5.91 Å². The maximum atomic E-state index is 12.2. The van der Waals surface area contributed by atoms with Gasteiger partial charge in [0.05, 0.1) is 0 Å². The summed E-state index contributed by atoms with van der Waals surface area (Å²) in [6.45, 7) is 7.12. The van der Waals surface area contributed by atoms with Crippen LogP contribution in [0.5, 0.6) is 5.75 Å². The first-order valence-corrected chi connectivity index (χ1v) is 9.59. The fourth-order valence-electron chi connectivity index (χ4n) is 2.99. The Bertz CT molecular complexity index is 864. The number of esters is 1. The number of aryl methyl sites for hydroxylation is 3. The van der Waals surface area contributed by atoms with Crippen molar-refractivity contribution < 1.29 is 23.9 Å². The molecule has 6 nitrogen and oxygen atoms in total. The van der Waals surface area contributed by atoms with Gasteiger partial charge in [0, 0.05) is 17.7 Å². The molecule has 0 aliphatic carbocycles. The van der Waals surface area contributed by atoms with E-state index in [0.717, 1.165) is 23.1 Å². The van der Waals surface area contributed by atoms with Gasteiger partial charge in [-0.05, 0) is 62.6 Å². The molecule has 2 aromatic rings. The lowest BCUT2D eigenvalue weighted by molar-refractivity contribution is -0.144. The van der Waals surface area contributed by atoms with Crippen LogP contribution in [-0.4, -0.2) is 30.9 Å². The fraction of sp³-hybridized carbons (Fsp3) is 0.348. The summed E-state index contributed by atoms with van der Waals surface area (Å²) in [4.78, 5) is 35.7. The highest BCUT2D eigenvalue weighted by Crippen LogP contribution is 2.24. The maximum Gasteiger partial charge on any atom is 0.344 e. The standard InChI is InChI=1S/C23H27NO5/c1-5-6-21(26)24-19-9-7-18(8-10-19)20(25)13-28-22(27)14-29-23-16(3)11-15(2)12-17(23)4/h7-12H,5-6,13-14H2,1-4H3,(H,24,26). The van der Waals surface area contributed by atoms with E-state index in [1.165, 1.54) is 0 Å². The first kappa shape index (κ1) is 22.1. The summed E-state index contributed by atoms with van der Waals surface area (Å²) >= 11 is 0. The van der Waals surface area contributed by atoms with Crippen molar-refractivity contribution in [2.24, 2.45) is 0 Å². The molecule has 2 rings (SSSR count). The molecular weight excluding hydrogens is 370 g/mol. The molecule has 1 N–H and O–H groups in total. The van der Waals surface area contributed by atoms with Crippen molar-refractivity contribution in [1.82, 2.24) is 0 Å². The predicted molar refractivity (Wildman–Crippen MR) is 111 cm³/mol.